The molecule has 8 nitrogen and oxygen atoms in total. The highest BCUT2D eigenvalue weighted by Gasteiger charge is 2.27. The summed E-state index contributed by atoms with van der Waals surface area (Å²) in [6, 6.07) is 0.253. The van der Waals surface area contributed by atoms with E-state index in [1.807, 2.05) is 18.5 Å². The van der Waals surface area contributed by atoms with E-state index < -0.39 is 5.41 Å². The highest BCUT2D eigenvalue weighted by atomic mass is 16.2. The van der Waals surface area contributed by atoms with Crippen molar-refractivity contribution in [3.8, 4) is 0 Å². The number of nitrogens with zero attached hydrogens (tertiary/aromatic N) is 4. The van der Waals surface area contributed by atoms with Crippen LogP contribution >= 0.6 is 0 Å². The largest absolute Gasteiger partial charge is 0.359 e. The van der Waals surface area contributed by atoms with Gasteiger partial charge in [-0.25, -0.2) is 9.67 Å². The van der Waals surface area contributed by atoms with Crippen LogP contribution in [0.2, 0.25) is 0 Å². The van der Waals surface area contributed by atoms with Gasteiger partial charge in [0.25, 0.3) is 0 Å². The van der Waals surface area contributed by atoms with Crippen LogP contribution in [0.25, 0.3) is 0 Å². The van der Waals surface area contributed by atoms with Gasteiger partial charge in [0.2, 0.25) is 5.91 Å². The van der Waals surface area contributed by atoms with E-state index >= 15 is 0 Å². The van der Waals surface area contributed by atoms with Gasteiger partial charge in [0.1, 0.15) is 12.2 Å². The first kappa shape index (κ1) is 16.3. The summed E-state index contributed by atoms with van der Waals surface area (Å²) in [7, 11) is 3.38. The summed E-state index contributed by atoms with van der Waals surface area (Å²) >= 11 is 0. The van der Waals surface area contributed by atoms with Crippen LogP contribution in [0.1, 0.15) is 26.1 Å². The molecule has 1 aliphatic rings. The fraction of sp³-hybridized carbons (Fsp3) is 0.714. The molecule has 3 N–H and O–H groups in total. The van der Waals surface area contributed by atoms with Crippen LogP contribution < -0.4 is 16.0 Å². The van der Waals surface area contributed by atoms with Crippen LogP contribution in [0.5, 0.6) is 0 Å². The van der Waals surface area contributed by atoms with Gasteiger partial charge in [-0.3, -0.25) is 9.79 Å². The van der Waals surface area contributed by atoms with Crippen molar-refractivity contribution in [3.63, 3.8) is 0 Å². The first-order valence-corrected chi connectivity index (χ1v) is 7.52. The highest BCUT2D eigenvalue weighted by Crippen LogP contribution is 2.14. The number of aromatic nitrogens is 3. The van der Waals surface area contributed by atoms with Gasteiger partial charge < -0.3 is 16.0 Å². The van der Waals surface area contributed by atoms with Gasteiger partial charge in [0.15, 0.2) is 5.96 Å². The molecule has 0 bridgehead atoms. The van der Waals surface area contributed by atoms with Gasteiger partial charge >= 0.3 is 0 Å². The van der Waals surface area contributed by atoms with E-state index in [1.165, 1.54) is 0 Å². The summed E-state index contributed by atoms with van der Waals surface area (Å²) in [6.45, 7) is 5.07. The van der Waals surface area contributed by atoms with E-state index in [2.05, 4.69) is 31.0 Å². The number of amides is 1. The lowest BCUT2D eigenvalue weighted by molar-refractivity contribution is -0.128. The normalized spacial score (nSPS) is 18.5. The molecule has 0 aliphatic carbocycles. The second kappa shape index (κ2) is 6.76. The van der Waals surface area contributed by atoms with Gasteiger partial charge in [0.05, 0.1) is 12.0 Å². The zero-order chi connectivity index (χ0) is 16.2. The number of hydrogen-bond donors (Lipinski definition) is 3. The lowest BCUT2D eigenvalue weighted by Crippen LogP contribution is -2.51. The molecule has 1 aromatic rings. The summed E-state index contributed by atoms with van der Waals surface area (Å²) in [4.78, 5) is 20.3. The maximum Gasteiger partial charge on any atom is 0.227 e. The molecule has 0 spiro atoms. The predicted octanol–water partition coefficient (Wildman–Crippen LogP) is -0.470. The van der Waals surface area contributed by atoms with Gasteiger partial charge in [0, 0.05) is 33.1 Å². The van der Waals surface area contributed by atoms with Crippen LogP contribution in [0.3, 0.4) is 0 Å². The molecule has 2 heterocycles. The Balaban J connectivity index is 1.87. The monoisotopic (exact) mass is 307 g/mol. The summed E-state index contributed by atoms with van der Waals surface area (Å²) < 4.78 is 1.92. The molecule has 1 amide bonds. The second-order valence-corrected chi connectivity index (χ2v) is 6.13. The third-order valence-electron chi connectivity index (χ3n) is 3.91. The van der Waals surface area contributed by atoms with E-state index in [0.29, 0.717) is 12.5 Å². The van der Waals surface area contributed by atoms with Crippen LogP contribution in [0, 0.1) is 5.41 Å². The predicted molar refractivity (Wildman–Crippen MR) is 84.5 cm³/mol. The zero-order valence-corrected chi connectivity index (χ0v) is 13.7. The van der Waals surface area contributed by atoms with Gasteiger partial charge in [-0.15, -0.1) is 0 Å². The van der Waals surface area contributed by atoms with Crippen molar-refractivity contribution in [3.05, 3.63) is 12.2 Å². The minimum atomic E-state index is -0.502. The number of rotatable bonds is 4. The standard InChI is InChI=1S/C14H25N7O/c1-14(2,12(22)15-3)8-17-13(16-4)20-10-5-6-11-18-9-19-21(11)7-10/h9-10H,5-8H2,1-4H3,(H,15,22)(H2,16,17,20). The molecular formula is C14H25N7O. The molecule has 1 aromatic heterocycles. The van der Waals surface area contributed by atoms with Crippen molar-refractivity contribution in [2.24, 2.45) is 10.4 Å². The van der Waals surface area contributed by atoms with E-state index in [1.54, 1.807) is 20.4 Å². The molecule has 0 radical (unpaired) electrons. The Kier molecular flexibility index (Phi) is 4.99. The number of carbonyl (C=O) groups is 1. The molecule has 2 rings (SSSR count). The van der Waals surface area contributed by atoms with Crippen molar-refractivity contribution in [1.29, 1.82) is 0 Å². The molecule has 1 atom stereocenters. The Labute approximate surface area is 130 Å². The number of nitrogens with one attached hydrogen (secondary N) is 3. The third-order valence-corrected chi connectivity index (χ3v) is 3.91. The molecule has 8 heteroatoms. The molecule has 0 aromatic carbocycles. The lowest BCUT2D eigenvalue weighted by atomic mass is 9.92. The van der Waals surface area contributed by atoms with Crippen molar-refractivity contribution < 1.29 is 4.79 Å². The van der Waals surface area contributed by atoms with Crippen LogP contribution in [0.4, 0.5) is 0 Å². The van der Waals surface area contributed by atoms with E-state index in [9.17, 15) is 4.79 Å². The Morgan fingerprint density at radius 3 is 3.00 bits per heavy atom. The molecule has 0 fully saturated rings. The number of aryl methyl sites for hydroxylation is 1. The van der Waals surface area contributed by atoms with Crippen molar-refractivity contribution >= 4 is 11.9 Å². The average Bonchev–Trinajstić information content (AvgIpc) is 2.98. The SMILES string of the molecule is CN=C(NCC(C)(C)C(=O)NC)NC1CCc2ncnn2C1. The minimum Gasteiger partial charge on any atom is -0.359 e. The summed E-state index contributed by atoms with van der Waals surface area (Å²) in [6.07, 6.45) is 3.48. The molecular weight excluding hydrogens is 282 g/mol. The number of hydrogen-bond acceptors (Lipinski definition) is 4. The first-order chi connectivity index (χ1) is 10.5. The Morgan fingerprint density at radius 2 is 2.32 bits per heavy atom. The highest BCUT2D eigenvalue weighted by molar-refractivity contribution is 5.84. The summed E-state index contributed by atoms with van der Waals surface area (Å²) in [5.74, 6) is 1.73. The Morgan fingerprint density at radius 1 is 1.55 bits per heavy atom. The molecule has 122 valence electrons. The number of aliphatic imine (C=N–C) groups is 1. The minimum absolute atomic E-state index is 0.000349. The molecule has 0 saturated carbocycles. The quantitative estimate of drug-likeness (QED) is 0.516. The smallest absolute Gasteiger partial charge is 0.227 e. The van der Waals surface area contributed by atoms with Gasteiger partial charge in [-0.05, 0) is 20.3 Å². The van der Waals surface area contributed by atoms with E-state index in [0.717, 1.165) is 25.2 Å². The third kappa shape index (κ3) is 3.75. The van der Waals surface area contributed by atoms with Gasteiger partial charge in [-0.1, -0.05) is 0 Å². The number of fused-ring (bicyclic) bond motifs is 1. The maximum absolute atomic E-state index is 11.8. The van der Waals surface area contributed by atoms with Crippen molar-refractivity contribution in [2.45, 2.75) is 39.3 Å². The van der Waals surface area contributed by atoms with Crippen molar-refractivity contribution in [1.82, 2.24) is 30.7 Å². The van der Waals surface area contributed by atoms with E-state index in [4.69, 9.17) is 0 Å². The molecule has 1 aliphatic heterocycles. The van der Waals surface area contributed by atoms with Gasteiger partial charge in [-0.2, -0.15) is 5.10 Å². The summed E-state index contributed by atoms with van der Waals surface area (Å²) in [5.41, 5.74) is -0.502. The van der Waals surface area contributed by atoms with Crippen LogP contribution in [-0.2, 0) is 17.8 Å². The summed E-state index contributed by atoms with van der Waals surface area (Å²) in [5, 5.41) is 13.5. The fourth-order valence-electron chi connectivity index (χ4n) is 2.47. The number of carbonyl (C=O) groups excluding carboxylic acids is 1. The van der Waals surface area contributed by atoms with Crippen molar-refractivity contribution in [2.75, 3.05) is 20.6 Å². The van der Waals surface area contributed by atoms with Crippen LogP contribution in [-0.4, -0.2) is 53.3 Å². The molecule has 22 heavy (non-hydrogen) atoms. The fourth-order valence-corrected chi connectivity index (χ4v) is 2.47. The first-order valence-electron chi connectivity index (χ1n) is 7.52. The Bertz CT molecular complexity index is 549. The molecule has 0 saturated heterocycles. The van der Waals surface area contributed by atoms with Crippen LogP contribution in [0.15, 0.2) is 11.3 Å². The lowest BCUT2D eigenvalue weighted by Gasteiger charge is -2.28. The number of guanidine groups is 1. The second-order valence-electron chi connectivity index (χ2n) is 6.13. The average molecular weight is 307 g/mol. The zero-order valence-electron chi connectivity index (χ0n) is 13.7. The topological polar surface area (TPSA) is 96.2 Å². The maximum atomic E-state index is 11.8. The van der Waals surface area contributed by atoms with E-state index in [-0.39, 0.29) is 11.9 Å². The Hall–Kier alpha value is -2.12. The molecule has 1 unspecified atom stereocenters.